The summed E-state index contributed by atoms with van der Waals surface area (Å²) in [4.78, 5) is 43.7. The summed E-state index contributed by atoms with van der Waals surface area (Å²) in [6.45, 7) is 1.63. The van der Waals surface area contributed by atoms with E-state index in [1.807, 2.05) is 17.5 Å². The molecule has 0 radical (unpaired) electrons. The first-order valence-electron chi connectivity index (χ1n) is 8.39. The monoisotopic (exact) mass is 380 g/mol. The number of amides is 4. The maximum atomic E-state index is 12.7. The highest BCUT2D eigenvalue weighted by Gasteiger charge is 2.48. The fourth-order valence-corrected chi connectivity index (χ4v) is 5.14. The summed E-state index contributed by atoms with van der Waals surface area (Å²) in [7, 11) is 0. The fourth-order valence-electron chi connectivity index (χ4n) is 3.51. The van der Waals surface area contributed by atoms with Crippen LogP contribution < -0.4 is 5.32 Å². The van der Waals surface area contributed by atoms with Crippen LogP contribution in [-0.2, 0) is 16.0 Å². The number of carbonyl (C=O) groups excluding carboxylic acids is 3. The lowest BCUT2D eigenvalue weighted by molar-refractivity contribution is -0.137. The van der Waals surface area contributed by atoms with Crippen molar-refractivity contribution >= 4 is 40.9 Å². The first-order chi connectivity index (χ1) is 12.1. The van der Waals surface area contributed by atoms with Gasteiger partial charge in [0.25, 0.3) is 5.91 Å². The number of thiophene rings is 1. The molecule has 4 heterocycles. The van der Waals surface area contributed by atoms with Gasteiger partial charge in [0.05, 0.1) is 12.6 Å². The zero-order chi connectivity index (χ0) is 17.4. The molecule has 0 unspecified atom stereocenters. The highest BCUT2D eigenvalue weighted by atomic mass is 32.2. The van der Waals surface area contributed by atoms with E-state index in [1.165, 1.54) is 4.90 Å². The Balaban J connectivity index is 1.41. The minimum atomic E-state index is -0.525. The number of nitrogens with zero attached hydrogens (tertiary/aromatic N) is 3. The molecular weight excluding hydrogens is 360 g/mol. The van der Waals surface area contributed by atoms with Gasteiger partial charge in [-0.3, -0.25) is 19.8 Å². The molecule has 0 spiro atoms. The lowest BCUT2D eigenvalue weighted by atomic mass is 10.1. The average Bonchev–Trinajstić information content (AvgIpc) is 3.36. The SMILES string of the molecule is O=C([C@@H]1CSCN1)N1CCN2C(=O)N(CCc3cccs3)C(=O)[C@H]2C1. The van der Waals surface area contributed by atoms with Crippen LogP contribution in [-0.4, -0.2) is 82.4 Å². The number of fused-ring (bicyclic) bond motifs is 1. The Morgan fingerprint density at radius 1 is 1.32 bits per heavy atom. The molecule has 0 bridgehead atoms. The van der Waals surface area contributed by atoms with Crippen LogP contribution in [0.1, 0.15) is 4.88 Å². The number of carbonyl (C=O) groups is 3. The summed E-state index contributed by atoms with van der Waals surface area (Å²) >= 11 is 3.33. The van der Waals surface area contributed by atoms with Crippen LogP contribution in [0.5, 0.6) is 0 Å². The van der Waals surface area contributed by atoms with Crippen LogP contribution in [0.2, 0.25) is 0 Å². The average molecular weight is 380 g/mol. The Morgan fingerprint density at radius 2 is 2.20 bits per heavy atom. The lowest BCUT2D eigenvalue weighted by Gasteiger charge is -2.36. The van der Waals surface area contributed by atoms with Crippen molar-refractivity contribution in [2.45, 2.75) is 18.5 Å². The minimum absolute atomic E-state index is 0.0435. The number of piperazine rings is 1. The standard InChI is InChI=1S/C16H20N4O3S2/c21-14(12-9-24-10-17-12)18-5-6-19-13(8-18)15(22)20(16(19)23)4-3-11-2-1-7-25-11/h1-2,7,12-13,17H,3-6,8-10H2/t12-,13+/m0/s1. The number of nitrogens with one attached hydrogen (secondary N) is 1. The number of rotatable bonds is 4. The first-order valence-corrected chi connectivity index (χ1v) is 10.4. The zero-order valence-corrected chi connectivity index (χ0v) is 15.4. The topological polar surface area (TPSA) is 73.0 Å². The molecule has 4 rings (SSSR count). The Hall–Kier alpha value is -1.58. The van der Waals surface area contributed by atoms with Crippen LogP contribution in [0.25, 0.3) is 0 Å². The molecule has 3 saturated heterocycles. The molecule has 1 N–H and O–H groups in total. The normalized spacial score (nSPS) is 26.5. The zero-order valence-electron chi connectivity index (χ0n) is 13.7. The summed E-state index contributed by atoms with van der Waals surface area (Å²) in [5.74, 6) is 1.42. The van der Waals surface area contributed by atoms with Crippen molar-refractivity contribution in [3.63, 3.8) is 0 Å². The van der Waals surface area contributed by atoms with E-state index in [1.54, 1.807) is 32.9 Å². The highest BCUT2D eigenvalue weighted by Crippen LogP contribution is 2.24. The van der Waals surface area contributed by atoms with Gasteiger partial charge < -0.3 is 9.80 Å². The molecule has 3 aliphatic rings. The summed E-state index contributed by atoms with van der Waals surface area (Å²) in [6, 6.07) is 3.07. The molecule has 3 fully saturated rings. The van der Waals surface area contributed by atoms with E-state index in [9.17, 15) is 14.4 Å². The number of thioether (sulfide) groups is 1. The Bertz CT molecular complexity index is 675. The molecule has 0 saturated carbocycles. The van der Waals surface area contributed by atoms with Crippen LogP contribution in [0.4, 0.5) is 4.79 Å². The van der Waals surface area contributed by atoms with E-state index in [0.29, 0.717) is 32.6 Å². The maximum Gasteiger partial charge on any atom is 0.327 e. The molecule has 9 heteroatoms. The largest absolute Gasteiger partial charge is 0.337 e. The smallest absolute Gasteiger partial charge is 0.327 e. The third kappa shape index (κ3) is 3.16. The molecule has 2 atom stereocenters. The van der Waals surface area contributed by atoms with Crippen molar-refractivity contribution in [3.05, 3.63) is 22.4 Å². The Morgan fingerprint density at radius 3 is 2.92 bits per heavy atom. The van der Waals surface area contributed by atoms with E-state index < -0.39 is 6.04 Å². The van der Waals surface area contributed by atoms with Gasteiger partial charge in [0.15, 0.2) is 0 Å². The first kappa shape index (κ1) is 16.9. The molecule has 134 valence electrons. The molecule has 0 aliphatic carbocycles. The third-order valence-electron chi connectivity index (χ3n) is 4.90. The number of hydrogen-bond donors (Lipinski definition) is 1. The molecule has 4 amide bonds. The lowest BCUT2D eigenvalue weighted by Crippen LogP contribution is -2.57. The molecule has 25 heavy (non-hydrogen) atoms. The van der Waals surface area contributed by atoms with Gasteiger partial charge in [-0.2, -0.15) is 0 Å². The van der Waals surface area contributed by atoms with E-state index in [-0.39, 0.29) is 23.9 Å². The number of imide groups is 1. The quantitative estimate of drug-likeness (QED) is 0.767. The van der Waals surface area contributed by atoms with Crippen LogP contribution in [0, 0.1) is 0 Å². The van der Waals surface area contributed by atoms with E-state index in [0.717, 1.165) is 16.5 Å². The highest BCUT2D eigenvalue weighted by molar-refractivity contribution is 7.99. The van der Waals surface area contributed by atoms with Crippen molar-refractivity contribution in [2.75, 3.05) is 37.8 Å². The summed E-state index contributed by atoms with van der Waals surface area (Å²) in [5.41, 5.74) is 0. The summed E-state index contributed by atoms with van der Waals surface area (Å²) in [6.07, 6.45) is 0.682. The van der Waals surface area contributed by atoms with Crippen molar-refractivity contribution in [1.82, 2.24) is 20.0 Å². The molecule has 1 aromatic heterocycles. The van der Waals surface area contributed by atoms with E-state index in [4.69, 9.17) is 0 Å². The Kier molecular flexibility index (Phi) is 4.70. The molecule has 1 aromatic rings. The predicted molar refractivity (Wildman–Crippen MR) is 96.5 cm³/mol. The van der Waals surface area contributed by atoms with Gasteiger partial charge >= 0.3 is 6.03 Å². The van der Waals surface area contributed by atoms with Crippen molar-refractivity contribution in [3.8, 4) is 0 Å². The molecule has 0 aromatic carbocycles. The number of urea groups is 1. The van der Waals surface area contributed by atoms with Crippen molar-refractivity contribution in [2.24, 2.45) is 0 Å². The van der Waals surface area contributed by atoms with E-state index in [2.05, 4.69) is 5.32 Å². The molecular formula is C16H20N4O3S2. The second kappa shape index (κ2) is 6.97. The van der Waals surface area contributed by atoms with Crippen LogP contribution in [0.15, 0.2) is 17.5 Å². The molecule has 7 nitrogen and oxygen atoms in total. The predicted octanol–water partition coefficient (Wildman–Crippen LogP) is 0.428. The second-order valence-corrected chi connectivity index (χ2v) is 8.43. The summed E-state index contributed by atoms with van der Waals surface area (Å²) < 4.78 is 0. The van der Waals surface area contributed by atoms with Gasteiger partial charge in [-0.1, -0.05) is 6.07 Å². The molecule has 3 aliphatic heterocycles. The minimum Gasteiger partial charge on any atom is -0.337 e. The van der Waals surface area contributed by atoms with Crippen LogP contribution >= 0.6 is 23.1 Å². The second-order valence-electron chi connectivity index (χ2n) is 6.37. The number of hydrogen-bond acceptors (Lipinski definition) is 6. The van der Waals surface area contributed by atoms with Gasteiger partial charge in [0.2, 0.25) is 5.91 Å². The fraction of sp³-hybridized carbons (Fsp3) is 0.562. The van der Waals surface area contributed by atoms with Gasteiger partial charge in [0.1, 0.15) is 6.04 Å². The van der Waals surface area contributed by atoms with Crippen LogP contribution in [0.3, 0.4) is 0 Å². The van der Waals surface area contributed by atoms with Gasteiger partial charge in [-0.15, -0.1) is 23.1 Å². The maximum absolute atomic E-state index is 12.7. The summed E-state index contributed by atoms with van der Waals surface area (Å²) in [5, 5.41) is 5.17. The van der Waals surface area contributed by atoms with Crippen molar-refractivity contribution in [1.29, 1.82) is 0 Å². The third-order valence-corrected chi connectivity index (χ3v) is 6.77. The van der Waals surface area contributed by atoms with Crippen molar-refractivity contribution < 1.29 is 14.4 Å². The van der Waals surface area contributed by atoms with E-state index >= 15 is 0 Å². The van der Waals surface area contributed by atoms with Gasteiger partial charge in [-0.05, 0) is 17.9 Å². The van der Waals surface area contributed by atoms with Gasteiger partial charge in [0, 0.05) is 36.1 Å². The van der Waals surface area contributed by atoms with Gasteiger partial charge in [-0.25, -0.2) is 4.79 Å². The Labute approximate surface area is 154 Å².